The highest BCUT2D eigenvalue weighted by molar-refractivity contribution is 7.80. The predicted molar refractivity (Wildman–Crippen MR) is 89.3 cm³/mol. The van der Waals surface area contributed by atoms with E-state index < -0.39 is 4.92 Å². The Morgan fingerprint density at radius 1 is 1.17 bits per heavy atom. The van der Waals surface area contributed by atoms with Gasteiger partial charge in [-0.25, -0.2) is 4.98 Å². The summed E-state index contributed by atoms with van der Waals surface area (Å²) in [6, 6.07) is 9.63. The van der Waals surface area contributed by atoms with Gasteiger partial charge in [0.05, 0.1) is 4.92 Å². The van der Waals surface area contributed by atoms with Crippen LogP contribution in [0.1, 0.15) is 5.56 Å². The molecule has 0 unspecified atom stereocenters. The third-order valence-electron chi connectivity index (χ3n) is 3.06. The Bertz CT molecular complexity index is 847. The van der Waals surface area contributed by atoms with Crippen LogP contribution in [0.2, 0.25) is 0 Å². The van der Waals surface area contributed by atoms with E-state index in [2.05, 4.69) is 15.6 Å². The third kappa shape index (κ3) is 3.52. The van der Waals surface area contributed by atoms with Crippen LogP contribution in [0.25, 0.3) is 6.08 Å². The van der Waals surface area contributed by atoms with Gasteiger partial charge in [0.15, 0.2) is 5.11 Å². The summed E-state index contributed by atoms with van der Waals surface area (Å²) in [6.07, 6.45) is 2.78. The summed E-state index contributed by atoms with van der Waals surface area (Å²) >= 11 is 4.86. The van der Waals surface area contributed by atoms with Gasteiger partial charge in [-0.05, 0) is 36.0 Å². The maximum Gasteiger partial charge on any atom is 0.287 e. The second kappa shape index (κ2) is 6.42. The van der Waals surface area contributed by atoms with Gasteiger partial charge in [-0.1, -0.05) is 12.1 Å². The van der Waals surface area contributed by atoms with Gasteiger partial charge in [-0.2, -0.15) is 0 Å². The highest BCUT2D eigenvalue weighted by Crippen LogP contribution is 2.22. The minimum atomic E-state index is -0.530. The van der Waals surface area contributed by atoms with Crippen LogP contribution in [0.15, 0.2) is 48.3 Å². The first-order chi connectivity index (χ1) is 11.5. The summed E-state index contributed by atoms with van der Waals surface area (Å²) in [5.41, 5.74) is 1.04. The van der Waals surface area contributed by atoms with E-state index in [0.29, 0.717) is 11.4 Å². The number of aromatic nitrogens is 1. The zero-order valence-corrected chi connectivity index (χ0v) is 12.9. The van der Waals surface area contributed by atoms with E-state index >= 15 is 0 Å². The van der Waals surface area contributed by atoms with Gasteiger partial charge in [-0.3, -0.25) is 20.2 Å². The van der Waals surface area contributed by atoms with E-state index in [0.717, 1.165) is 11.8 Å². The van der Waals surface area contributed by atoms with E-state index in [1.807, 2.05) is 0 Å². The molecule has 2 aromatic rings. The van der Waals surface area contributed by atoms with Crippen LogP contribution in [0.5, 0.6) is 11.6 Å². The molecule has 120 valence electrons. The average molecular weight is 342 g/mol. The summed E-state index contributed by atoms with van der Waals surface area (Å²) in [4.78, 5) is 25.5. The van der Waals surface area contributed by atoms with Crippen molar-refractivity contribution in [2.75, 3.05) is 0 Å². The Kier molecular flexibility index (Phi) is 4.17. The normalized spacial score (nSPS) is 15.1. The molecule has 2 heterocycles. The molecule has 1 aromatic heterocycles. The first-order valence-electron chi connectivity index (χ1n) is 6.74. The molecule has 8 nitrogen and oxygen atoms in total. The topological polar surface area (TPSA) is 106 Å². The summed E-state index contributed by atoms with van der Waals surface area (Å²) in [7, 11) is 0. The summed E-state index contributed by atoms with van der Waals surface area (Å²) < 4.78 is 5.51. The standard InChI is InChI=1S/C15H10N4O4S/c20-14-12(17-15(24)18-14)7-9-1-4-11(5-2-9)23-13-6-3-10(8-16-13)19(21)22/h1-8H,(H2,17,18,20,24)/b12-7+. The molecule has 1 fully saturated rings. The highest BCUT2D eigenvalue weighted by atomic mass is 32.1. The zero-order valence-electron chi connectivity index (χ0n) is 12.1. The monoisotopic (exact) mass is 342 g/mol. The summed E-state index contributed by atoms with van der Waals surface area (Å²) in [5.74, 6) is 0.474. The number of rotatable bonds is 4. The van der Waals surface area contributed by atoms with E-state index in [1.54, 1.807) is 30.3 Å². The molecule has 9 heteroatoms. The van der Waals surface area contributed by atoms with Crippen molar-refractivity contribution in [2.45, 2.75) is 0 Å². The Labute approximate surface area is 141 Å². The van der Waals surface area contributed by atoms with Crippen LogP contribution in [-0.2, 0) is 4.79 Å². The number of benzene rings is 1. The van der Waals surface area contributed by atoms with Gasteiger partial charge in [0.2, 0.25) is 5.88 Å². The first kappa shape index (κ1) is 15.6. The molecular formula is C15H10N4O4S. The lowest BCUT2D eigenvalue weighted by Gasteiger charge is -2.04. The van der Waals surface area contributed by atoms with E-state index in [4.69, 9.17) is 17.0 Å². The maximum absolute atomic E-state index is 11.6. The molecule has 0 radical (unpaired) electrons. The summed E-state index contributed by atoms with van der Waals surface area (Å²) in [5, 5.41) is 16.1. The third-order valence-corrected chi connectivity index (χ3v) is 3.27. The van der Waals surface area contributed by atoms with Gasteiger partial charge in [-0.15, -0.1) is 0 Å². The van der Waals surface area contributed by atoms with Crippen molar-refractivity contribution in [3.05, 3.63) is 64.0 Å². The molecule has 1 amide bonds. The Morgan fingerprint density at radius 3 is 2.46 bits per heavy atom. The maximum atomic E-state index is 11.6. The molecule has 0 spiro atoms. The zero-order chi connectivity index (χ0) is 17.1. The van der Waals surface area contributed by atoms with Crippen molar-refractivity contribution < 1.29 is 14.5 Å². The van der Waals surface area contributed by atoms with Crippen LogP contribution in [0.4, 0.5) is 5.69 Å². The fourth-order valence-corrected chi connectivity index (χ4v) is 2.15. The molecule has 1 aliphatic heterocycles. The minimum absolute atomic E-state index is 0.107. The van der Waals surface area contributed by atoms with Crippen LogP contribution in [0.3, 0.4) is 0 Å². The fraction of sp³-hybridized carbons (Fsp3) is 0. The lowest BCUT2D eigenvalue weighted by atomic mass is 10.2. The van der Waals surface area contributed by atoms with E-state index in [9.17, 15) is 14.9 Å². The van der Waals surface area contributed by atoms with Crippen molar-refractivity contribution in [1.29, 1.82) is 0 Å². The molecule has 0 atom stereocenters. The van der Waals surface area contributed by atoms with Crippen LogP contribution < -0.4 is 15.4 Å². The van der Waals surface area contributed by atoms with Crippen molar-refractivity contribution >= 4 is 35.0 Å². The molecule has 2 N–H and O–H groups in total. The smallest absolute Gasteiger partial charge is 0.287 e. The lowest BCUT2D eigenvalue weighted by Crippen LogP contribution is -2.21. The largest absolute Gasteiger partial charge is 0.439 e. The lowest BCUT2D eigenvalue weighted by molar-refractivity contribution is -0.385. The molecule has 0 aliphatic carbocycles. The summed E-state index contributed by atoms with van der Waals surface area (Å²) in [6.45, 7) is 0. The number of amides is 1. The molecule has 24 heavy (non-hydrogen) atoms. The fourth-order valence-electron chi connectivity index (χ4n) is 1.94. The Balaban J connectivity index is 1.70. The average Bonchev–Trinajstić information content (AvgIpc) is 2.87. The molecule has 0 saturated carbocycles. The number of nitrogens with one attached hydrogen (secondary N) is 2. The molecule has 1 aliphatic rings. The number of hydrogen-bond donors (Lipinski definition) is 2. The number of pyridine rings is 1. The number of ether oxygens (including phenoxy) is 1. The van der Waals surface area contributed by atoms with Crippen molar-refractivity contribution in [3.8, 4) is 11.6 Å². The van der Waals surface area contributed by atoms with Crippen LogP contribution in [-0.4, -0.2) is 20.9 Å². The number of carbonyl (C=O) groups excluding carboxylic acids is 1. The Morgan fingerprint density at radius 2 is 1.92 bits per heavy atom. The van der Waals surface area contributed by atoms with Crippen molar-refractivity contribution in [1.82, 2.24) is 15.6 Å². The number of thiocarbonyl (C=S) groups is 1. The van der Waals surface area contributed by atoms with Gasteiger partial charge < -0.3 is 10.1 Å². The second-order valence-electron chi connectivity index (χ2n) is 4.75. The quantitative estimate of drug-likeness (QED) is 0.379. The van der Waals surface area contributed by atoms with E-state index in [1.165, 1.54) is 12.1 Å². The molecule has 1 saturated heterocycles. The number of hydrogen-bond acceptors (Lipinski definition) is 6. The molecule has 3 rings (SSSR count). The first-order valence-corrected chi connectivity index (χ1v) is 7.14. The predicted octanol–water partition coefficient (Wildman–Crippen LogP) is 2.13. The van der Waals surface area contributed by atoms with Gasteiger partial charge in [0.25, 0.3) is 11.6 Å². The van der Waals surface area contributed by atoms with Gasteiger partial charge in [0.1, 0.15) is 17.6 Å². The molecule has 1 aromatic carbocycles. The second-order valence-corrected chi connectivity index (χ2v) is 5.16. The molecular weight excluding hydrogens is 332 g/mol. The van der Waals surface area contributed by atoms with Gasteiger partial charge in [0, 0.05) is 12.1 Å². The van der Waals surface area contributed by atoms with Crippen LogP contribution in [0, 0.1) is 10.1 Å². The van der Waals surface area contributed by atoms with Gasteiger partial charge >= 0.3 is 0 Å². The minimum Gasteiger partial charge on any atom is -0.439 e. The number of nitrogens with zero attached hydrogens (tertiary/aromatic N) is 2. The molecule has 0 bridgehead atoms. The van der Waals surface area contributed by atoms with E-state index in [-0.39, 0.29) is 22.6 Å². The van der Waals surface area contributed by atoms with Crippen molar-refractivity contribution in [3.63, 3.8) is 0 Å². The Hall–Kier alpha value is -3.33. The number of nitro groups is 1. The SMILES string of the molecule is O=C1NC(=S)N/C1=C/c1ccc(Oc2ccc([N+](=O)[O-])cn2)cc1. The highest BCUT2D eigenvalue weighted by Gasteiger charge is 2.19. The van der Waals surface area contributed by atoms with Crippen molar-refractivity contribution in [2.24, 2.45) is 0 Å². The number of carbonyl (C=O) groups is 1. The van der Waals surface area contributed by atoms with Crippen LogP contribution >= 0.6 is 12.2 Å².